The van der Waals surface area contributed by atoms with Crippen molar-refractivity contribution in [2.24, 2.45) is 11.5 Å². The van der Waals surface area contributed by atoms with Crippen LogP contribution in [-0.2, 0) is 62.9 Å². The number of hydrogen-bond acceptors (Lipinski definition) is 26. The molecule has 2 radical (unpaired) electrons. The van der Waals surface area contributed by atoms with Crippen molar-refractivity contribution in [2.75, 3.05) is 37.7 Å². The molecule has 9 heterocycles. The number of benzene rings is 9. The zero-order valence-corrected chi connectivity index (χ0v) is 75.5. The first kappa shape index (κ1) is 101. The summed E-state index contributed by atoms with van der Waals surface area (Å²) in [5, 5.41) is 57.3. The van der Waals surface area contributed by atoms with Crippen LogP contribution in [0.2, 0.25) is 0 Å². The minimum Gasteiger partial charge on any atom is -0.501 e. The van der Waals surface area contributed by atoms with Gasteiger partial charge in [0, 0.05) is 19.2 Å². The Morgan fingerprint density at radius 3 is 1.18 bits per heavy atom. The number of aliphatic hydroxyl groups is 1. The van der Waals surface area contributed by atoms with Crippen LogP contribution in [0.4, 0.5) is 28.6 Å². The van der Waals surface area contributed by atoms with Gasteiger partial charge in [-0.1, -0.05) is 92.1 Å². The number of hydrogen-bond donors (Lipinski definition) is 8. The number of aliphatic hydroxyl groups excluding tert-OH is 1. The number of rotatable bonds is 20. The molecule has 136 heavy (non-hydrogen) atoms. The summed E-state index contributed by atoms with van der Waals surface area (Å²) in [4.78, 5) is 29.1. The third kappa shape index (κ3) is 28.0. The van der Waals surface area contributed by atoms with Crippen molar-refractivity contribution in [3.8, 4) is 86.9 Å². The third-order valence-electron chi connectivity index (χ3n) is 21.8. The molecule has 0 spiro atoms. The number of fused-ring (bicyclic) bond motifs is 5. The van der Waals surface area contributed by atoms with Gasteiger partial charge in [-0.25, -0.2) is 24.4 Å². The molecule has 6 aliphatic heterocycles. The molecule has 692 valence electrons. The molecule has 8 aliphatic rings. The zero-order chi connectivity index (χ0) is 95.0. The third-order valence-corrected chi connectivity index (χ3v) is 21.8. The maximum Gasteiger partial charge on any atom is 0.491 e. The lowest BCUT2D eigenvalue weighted by Crippen LogP contribution is -2.27. The fourth-order valence-electron chi connectivity index (χ4n) is 15.1. The molecule has 0 bridgehead atoms. The first-order valence-electron chi connectivity index (χ1n) is 44.4. The van der Waals surface area contributed by atoms with E-state index in [-0.39, 0.29) is 30.2 Å². The van der Waals surface area contributed by atoms with E-state index in [4.69, 9.17) is 112 Å². The molecule has 3 aromatic heterocycles. The molecule has 37 heteroatoms. The highest BCUT2D eigenvalue weighted by Gasteiger charge is 2.33. The average Bonchev–Trinajstić information content (AvgIpc) is 1.23. The summed E-state index contributed by atoms with van der Waals surface area (Å²) in [5.74, 6) is 9.06. The molecular weight excluding hydrogens is 1730 g/mol. The Kier molecular flexibility index (Phi) is 38.0. The molecule has 0 atom stereocenters. The van der Waals surface area contributed by atoms with Crippen LogP contribution >= 0.6 is 0 Å². The molecule has 0 unspecified atom stereocenters. The molecule has 9 aromatic carbocycles. The molecule has 3 fully saturated rings. The molecule has 1 saturated heterocycles. The van der Waals surface area contributed by atoms with Crippen molar-refractivity contribution in [1.82, 2.24) is 15.0 Å². The second kappa shape index (κ2) is 51.1. The molecule has 20 rings (SSSR count). The van der Waals surface area contributed by atoms with Gasteiger partial charge in [0.05, 0.1) is 84.7 Å². The minimum atomic E-state index is -0.871. The van der Waals surface area contributed by atoms with Crippen LogP contribution in [0.5, 0.6) is 86.9 Å². The summed E-state index contributed by atoms with van der Waals surface area (Å²) in [5.41, 5.74) is 21.2. The first-order valence-corrected chi connectivity index (χ1v) is 44.4. The highest BCUT2D eigenvalue weighted by atomic mass is 16.6. The molecule has 0 amide bonds. The highest BCUT2D eigenvalue weighted by Crippen LogP contribution is 2.40. The van der Waals surface area contributed by atoms with E-state index in [9.17, 15) is 30.2 Å². The van der Waals surface area contributed by atoms with Crippen LogP contribution < -0.4 is 91.8 Å². The Balaban J connectivity index is 0.000000145. The van der Waals surface area contributed by atoms with Gasteiger partial charge in [-0.3, -0.25) is 0 Å². The molecule has 31 nitrogen and oxygen atoms in total. The van der Waals surface area contributed by atoms with Crippen LogP contribution in [0.15, 0.2) is 224 Å². The predicted molar refractivity (Wildman–Crippen MR) is 521 cm³/mol. The Morgan fingerprint density at radius 2 is 0.735 bits per heavy atom. The van der Waals surface area contributed by atoms with Crippen molar-refractivity contribution >= 4 is 105 Å². The number of para-hydroxylation sites is 2. The summed E-state index contributed by atoms with van der Waals surface area (Å²) in [6, 6.07) is 66.9. The number of nitrogens with two attached hydrogens (primary N) is 2. The fraction of sp³-hybridized carbons (Fsp3) is 0.263. The van der Waals surface area contributed by atoms with Crippen molar-refractivity contribution in [1.29, 1.82) is 0 Å². The van der Waals surface area contributed by atoms with Gasteiger partial charge in [0.1, 0.15) is 71.2 Å². The monoisotopic (exact) mass is 1830 g/mol. The summed E-state index contributed by atoms with van der Waals surface area (Å²) in [7, 11) is 1.55. The Labute approximate surface area is 793 Å². The van der Waals surface area contributed by atoms with E-state index in [1.165, 1.54) is 12.8 Å². The van der Waals surface area contributed by atoms with Crippen LogP contribution in [0.3, 0.4) is 0 Å². The van der Waals surface area contributed by atoms with Crippen molar-refractivity contribution in [2.45, 2.75) is 137 Å². The first-order chi connectivity index (χ1) is 65.8. The standard InChI is InChI=1S/C19H18BNO4.C18H17BN2O4.C17H16BN3O2.C15H13BN2O4.2C13H11BO3.2C2H7N.H2O/c1-21-18-9-7-16(11-19(18)25-14-4-2-3-5-14)24-15-6-8-17-13(10-15)12-23-20(17)22;1-20-16-8-9-17(21-18(16)25-13-4-2-3-5-13)24-14-6-7-15-12(10-14)11-23-19(15)22;1-19-15-6-7-16(20-17(15)21-8-2-3-9-21)23-13-4-5-14(18)12(10-13)11-22;1-3-20-15-13(17-2)6-7-14(18-15)22-11-4-5-12-10(8-11)9-21-16(12)19;15-14-13-7-6-12(8-10(13)9-16-14)17-11-4-2-1-3-5-11;15-14-13-8-12(7-6-10(13)9-16-14)17-11-4-2-1-3-5-11;2*1-2-3;/h6-11,14,22H,2-5,12H2;6-10,13,22H,2-5,11H2;4-7,10,22H,2-3,8-9,11H2;4-8,19H,3,9H2,1H3;2*1-8,15H,9H2;2*2-3H2,1H3;1H2. The van der Waals surface area contributed by atoms with Gasteiger partial charge in [-0.15, -0.1) is 0 Å². The van der Waals surface area contributed by atoms with E-state index >= 15 is 0 Å². The lowest BCUT2D eigenvalue weighted by atomic mass is 9.79. The van der Waals surface area contributed by atoms with Gasteiger partial charge < -0.3 is 118 Å². The van der Waals surface area contributed by atoms with Gasteiger partial charge in [0.2, 0.25) is 52.1 Å². The lowest BCUT2D eigenvalue weighted by Gasteiger charge is -2.19. The van der Waals surface area contributed by atoms with Gasteiger partial charge in [0.15, 0.2) is 0 Å². The lowest BCUT2D eigenvalue weighted by molar-refractivity contribution is 0.201. The average molecular weight is 1830 g/mol. The maximum atomic E-state index is 9.68. The van der Waals surface area contributed by atoms with Crippen molar-refractivity contribution < 1.29 is 102 Å². The molecular formula is C99H102B6N10O21. The van der Waals surface area contributed by atoms with Crippen LogP contribution in [0.25, 0.3) is 19.4 Å². The van der Waals surface area contributed by atoms with Crippen molar-refractivity contribution in [3.63, 3.8) is 0 Å². The van der Waals surface area contributed by atoms with E-state index in [0.717, 1.165) is 150 Å². The van der Waals surface area contributed by atoms with Gasteiger partial charge >= 0.3 is 35.6 Å². The van der Waals surface area contributed by atoms with E-state index in [0.29, 0.717) is 143 Å². The quantitative estimate of drug-likeness (QED) is 0.0259. The fourth-order valence-corrected chi connectivity index (χ4v) is 15.1. The van der Waals surface area contributed by atoms with Crippen molar-refractivity contribution in [3.05, 3.63) is 304 Å². The summed E-state index contributed by atoms with van der Waals surface area (Å²) < 4.78 is 77.6. The number of aromatic nitrogens is 3. The van der Waals surface area contributed by atoms with E-state index in [1.807, 2.05) is 136 Å². The Hall–Kier alpha value is -13.8. The summed E-state index contributed by atoms with van der Waals surface area (Å²) in [6.07, 6.45) is 11.3. The maximum absolute atomic E-state index is 9.68. The van der Waals surface area contributed by atoms with Gasteiger partial charge in [-0.2, -0.15) is 9.97 Å². The second-order valence-corrected chi connectivity index (χ2v) is 31.4. The van der Waals surface area contributed by atoms with Crippen LogP contribution in [0, 0.1) is 26.3 Å². The number of nitrogens with zero attached hydrogens (tertiary/aromatic N) is 8. The normalized spacial score (nSPS) is 14.1. The number of anilines is 1. The molecule has 12 N–H and O–H groups in total. The molecule has 12 aromatic rings. The number of ether oxygens (including phenoxy) is 9. The smallest absolute Gasteiger partial charge is 0.491 e. The number of pyridine rings is 3. The predicted octanol–water partition coefficient (Wildman–Crippen LogP) is 13.4. The highest BCUT2D eigenvalue weighted by molar-refractivity contribution is 6.63. The summed E-state index contributed by atoms with van der Waals surface area (Å²) >= 11 is 0. The van der Waals surface area contributed by atoms with E-state index < -0.39 is 35.6 Å². The van der Waals surface area contributed by atoms with Gasteiger partial charge in [0.25, 0.3) is 0 Å². The van der Waals surface area contributed by atoms with E-state index in [1.54, 1.807) is 109 Å². The van der Waals surface area contributed by atoms with E-state index in [2.05, 4.69) is 39.2 Å². The molecule has 2 saturated carbocycles. The van der Waals surface area contributed by atoms with Crippen LogP contribution in [-0.4, -0.2) is 139 Å². The zero-order valence-electron chi connectivity index (χ0n) is 75.5. The Bertz CT molecular complexity index is 6010. The van der Waals surface area contributed by atoms with Gasteiger partial charge in [-0.05, 0) is 291 Å². The Morgan fingerprint density at radius 1 is 0.382 bits per heavy atom. The summed E-state index contributed by atoms with van der Waals surface area (Å²) in [6.45, 7) is 40.2. The SMILES string of the molecule is CCN.CCN.O.OB1OCc2cc(Oc3ccccc3)ccc21.OB1OCc2ccc(Oc3ccccc3)cc21.[B]c1ccc(Oc2ccc([N+]#[C-])c(N3CCCC3)n2)cc1CO.[C-]#[N+]c1ccc(Oc2ccc3c(c2)COB3O)cc1OC1CCCC1.[C-]#[N+]c1ccc(Oc2ccc3c(c2)COB3O)nc1OC1CCCC1.[C-]#[N+]c1ccc(Oc2ccc3c(c2)COB3O)nc1OCC. The second-order valence-electron chi connectivity index (χ2n) is 31.4. The minimum absolute atomic E-state index is 0. The van der Waals surface area contributed by atoms with Crippen LogP contribution in [0.1, 0.15) is 118 Å². The molecule has 2 aliphatic carbocycles. The largest absolute Gasteiger partial charge is 0.501 e. The topological polar surface area (TPSA) is 393 Å².